The fourth-order valence-corrected chi connectivity index (χ4v) is 3.36. The van der Waals surface area contributed by atoms with Crippen LogP contribution in [-0.2, 0) is 11.3 Å². The van der Waals surface area contributed by atoms with Crippen LogP contribution in [0.4, 0.5) is 5.69 Å². The minimum Gasteiger partial charge on any atom is -0.357 e. The number of carbonyl (C=O) groups is 1. The van der Waals surface area contributed by atoms with Crippen LogP contribution < -0.4 is 16.0 Å². The van der Waals surface area contributed by atoms with Crippen molar-refractivity contribution in [3.05, 3.63) is 29.8 Å². The summed E-state index contributed by atoms with van der Waals surface area (Å²) < 4.78 is 0. The lowest BCUT2D eigenvalue weighted by molar-refractivity contribution is -0.116. The van der Waals surface area contributed by atoms with Gasteiger partial charge in [0.15, 0.2) is 5.96 Å². The van der Waals surface area contributed by atoms with Crippen LogP contribution in [0.1, 0.15) is 52.0 Å². The molecule has 1 heterocycles. The number of anilines is 1. The smallest absolute Gasteiger partial charge is 0.224 e. The molecule has 0 atom stereocenters. The van der Waals surface area contributed by atoms with Gasteiger partial charge < -0.3 is 20.9 Å². The molecule has 28 heavy (non-hydrogen) atoms. The number of amides is 1. The van der Waals surface area contributed by atoms with Gasteiger partial charge in [0.1, 0.15) is 0 Å². The number of rotatable bonds is 9. The molecule has 0 saturated carbocycles. The molecule has 1 fully saturated rings. The molecule has 6 heteroatoms. The van der Waals surface area contributed by atoms with Gasteiger partial charge in [0.05, 0.1) is 6.54 Å². The predicted molar refractivity (Wildman–Crippen MR) is 118 cm³/mol. The zero-order valence-electron chi connectivity index (χ0n) is 17.8. The molecule has 1 aliphatic heterocycles. The number of benzene rings is 1. The molecule has 156 valence electrons. The molecule has 6 nitrogen and oxygen atoms in total. The van der Waals surface area contributed by atoms with Gasteiger partial charge in [-0.25, -0.2) is 4.99 Å². The summed E-state index contributed by atoms with van der Waals surface area (Å²) >= 11 is 0. The molecular formula is C22H37N5O. The van der Waals surface area contributed by atoms with E-state index in [-0.39, 0.29) is 5.91 Å². The molecule has 0 aromatic heterocycles. The van der Waals surface area contributed by atoms with E-state index in [0.717, 1.165) is 36.8 Å². The lowest BCUT2D eigenvalue weighted by atomic mass is 10.1. The second-order valence-electron chi connectivity index (χ2n) is 7.87. The maximum atomic E-state index is 12.0. The summed E-state index contributed by atoms with van der Waals surface area (Å²) in [5.74, 6) is 1.25. The van der Waals surface area contributed by atoms with E-state index in [0.29, 0.717) is 18.9 Å². The summed E-state index contributed by atoms with van der Waals surface area (Å²) in [6.45, 7) is 12.0. The first kappa shape index (κ1) is 22.2. The van der Waals surface area contributed by atoms with Crippen LogP contribution >= 0.6 is 0 Å². The van der Waals surface area contributed by atoms with Crippen molar-refractivity contribution in [1.82, 2.24) is 15.5 Å². The van der Waals surface area contributed by atoms with Gasteiger partial charge >= 0.3 is 0 Å². The Balaban J connectivity index is 1.85. The fourth-order valence-electron chi connectivity index (χ4n) is 3.36. The third-order valence-electron chi connectivity index (χ3n) is 4.74. The molecule has 1 amide bonds. The van der Waals surface area contributed by atoms with Gasteiger partial charge in [-0.1, -0.05) is 32.4 Å². The van der Waals surface area contributed by atoms with Gasteiger partial charge in [0.2, 0.25) is 5.91 Å². The topological polar surface area (TPSA) is 68.8 Å². The van der Waals surface area contributed by atoms with Gasteiger partial charge in [-0.3, -0.25) is 4.79 Å². The fraction of sp³-hybridized carbons (Fsp3) is 0.636. The van der Waals surface area contributed by atoms with Crippen LogP contribution in [0.25, 0.3) is 0 Å². The first-order valence-corrected chi connectivity index (χ1v) is 10.7. The number of likely N-dealkylation sites (tertiary alicyclic amines) is 1. The van der Waals surface area contributed by atoms with E-state index >= 15 is 0 Å². The van der Waals surface area contributed by atoms with Crippen molar-refractivity contribution < 1.29 is 4.79 Å². The van der Waals surface area contributed by atoms with Gasteiger partial charge in [0.25, 0.3) is 0 Å². The van der Waals surface area contributed by atoms with Crippen LogP contribution in [0.2, 0.25) is 0 Å². The van der Waals surface area contributed by atoms with Crippen molar-refractivity contribution in [1.29, 1.82) is 0 Å². The molecule has 0 aliphatic carbocycles. The predicted octanol–water partition coefficient (Wildman–Crippen LogP) is 3.21. The van der Waals surface area contributed by atoms with Gasteiger partial charge in [0, 0.05) is 31.7 Å². The number of nitrogens with zero attached hydrogens (tertiary/aromatic N) is 2. The third kappa shape index (κ3) is 8.74. The second kappa shape index (κ2) is 12.4. The van der Waals surface area contributed by atoms with Crippen LogP contribution in [0.3, 0.4) is 0 Å². The molecule has 0 radical (unpaired) electrons. The van der Waals surface area contributed by atoms with Crippen molar-refractivity contribution in [2.75, 3.05) is 38.0 Å². The molecule has 0 unspecified atom stereocenters. The third-order valence-corrected chi connectivity index (χ3v) is 4.74. The summed E-state index contributed by atoms with van der Waals surface area (Å²) in [6, 6.07) is 7.93. The number of aliphatic imine (C=N–C) groups is 1. The van der Waals surface area contributed by atoms with Crippen LogP contribution in [-0.4, -0.2) is 49.5 Å². The second-order valence-corrected chi connectivity index (χ2v) is 7.87. The zero-order chi connectivity index (χ0) is 20.2. The first-order valence-electron chi connectivity index (χ1n) is 10.7. The Kier molecular flexibility index (Phi) is 9.83. The summed E-state index contributed by atoms with van der Waals surface area (Å²) in [6.07, 6.45) is 4.54. The van der Waals surface area contributed by atoms with Crippen molar-refractivity contribution in [3.8, 4) is 0 Å². The van der Waals surface area contributed by atoms with Crippen LogP contribution in [0.5, 0.6) is 0 Å². The van der Waals surface area contributed by atoms with Crippen molar-refractivity contribution in [2.24, 2.45) is 10.9 Å². The normalized spacial score (nSPS) is 15.5. The summed E-state index contributed by atoms with van der Waals surface area (Å²) in [7, 11) is 0. The number of hydrogen-bond donors (Lipinski definition) is 3. The van der Waals surface area contributed by atoms with E-state index in [9.17, 15) is 4.79 Å². The highest BCUT2D eigenvalue weighted by Crippen LogP contribution is 2.13. The lowest BCUT2D eigenvalue weighted by Gasteiger charge is -2.26. The standard InChI is InChI=1S/C22H37N5O/c1-4-23-22(24-11-14-27-12-6-5-7-13-27)25-17-19-9-8-10-20(16-19)26-21(28)15-18(2)3/h8-10,16,18H,4-7,11-15,17H2,1-3H3,(H,26,28)(H2,23,24,25). The Hall–Kier alpha value is -2.08. The van der Waals surface area contributed by atoms with Crippen molar-refractivity contribution in [2.45, 2.75) is 53.0 Å². The Morgan fingerprint density at radius 2 is 1.96 bits per heavy atom. The maximum Gasteiger partial charge on any atom is 0.224 e. The Morgan fingerprint density at radius 1 is 1.18 bits per heavy atom. The first-order chi connectivity index (χ1) is 13.6. The average Bonchev–Trinajstić information content (AvgIpc) is 2.66. The number of carbonyl (C=O) groups excluding carboxylic acids is 1. The molecule has 2 rings (SSSR count). The molecule has 0 bridgehead atoms. The largest absolute Gasteiger partial charge is 0.357 e. The molecule has 3 N–H and O–H groups in total. The number of nitrogens with one attached hydrogen (secondary N) is 3. The molecule has 0 spiro atoms. The van der Waals surface area contributed by atoms with Gasteiger partial charge in [-0.2, -0.15) is 0 Å². The van der Waals surface area contributed by atoms with E-state index in [1.807, 2.05) is 38.1 Å². The monoisotopic (exact) mass is 387 g/mol. The van der Waals surface area contributed by atoms with E-state index in [4.69, 9.17) is 4.99 Å². The molecule has 1 aliphatic rings. The summed E-state index contributed by atoms with van der Waals surface area (Å²) in [5.41, 5.74) is 1.91. The number of hydrogen-bond acceptors (Lipinski definition) is 3. The summed E-state index contributed by atoms with van der Waals surface area (Å²) in [5, 5.41) is 9.72. The van der Waals surface area contributed by atoms with Crippen LogP contribution in [0, 0.1) is 5.92 Å². The maximum absolute atomic E-state index is 12.0. The highest BCUT2D eigenvalue weighted by atomic mass is 16.1. The molecule has 1 aromatic carbocycles. The highest BCUT2D eigenvalue weighted by Gasteiger charge is 2.09. The molecule has 1 saturated heterocycles. The van der Waals surface area contributed by atoms with E-state index in [1.165, 1.54) is 32.4 Å². The van der Waals surface area contributed by atoms with E-state index < -0.39 is 0 Å². The van der Waals surface area contributed by atoms with E-state index in [1.54, 1.807) is 0 Å². The number of guanidine groups is 1. The quantitative estimate of drug-likeness (QED) is 0.450. The summed E-state index contributed by atoms with van der Waals surface area (Å²) in [4.78, 5) is 19.2. The van der Waals surface area contributed by atoms with Gasteiger partial charge in [-0.05, 0) is 56.5 Å². The molecule has 1 aromatic rings. The lowest BCUT2D eigenvalue weighted by Crippen LogP contribution is -2.42. The van der Waals surface area contributed by atoms with Crippen LogP contribution in [0.15, 0.2) is 29.3 Å². The Morgan fingerprint density at radius 3 is 2.68 bits per heavy atom. The van der Waals surface area contributed by atoms with E-state index in [2.05, 4.69) is 27.8 Å². The highest BCUT2D eigenvalue weighted by molar-refractivity contribution is 5.90. The number of piperidine rings is 1. The van der Waals surface area contributed by atoms with Crippen molar-refractivity contribution >= 4 is 17.6 Å². The minimum absolute atomic E-state index is 0.0587. The van der Waals surface area contributed by atoms with Crippen molar-refractivity contribution in [3.63, 3.8) is 0 Å². The minimum atomic E-state index is 0.0587. The van der Waals surface area contributed by atoms with Gasteiger partial charge in [-0.15, -0.1) is 0 Å². The zero-order valence-corrected chi connectivity index (χ0v) is 17.8. The SMILES string of the molecule is CCNC(=NCc1cccc(NC(=O)CC(C)C)c1)NCCN1CCCCC1. The Labute approximate surface area is 170 Å². The Bertz CT molecular complexity index is 623. The average molecular weight is 388 g/mol. The molecular weight excluding hydrogens is 350 g/mol.